The molecule has 262 valence electrons. The minimum atomic E-state index is -1.68. The van der Waals surface area contributed by atoms with E-state index in [-0.39, 0.29) is 38.1 Å². The molecule has 13 atom stereocenters. The number of carbonyl (C=O) groups is 1. The van der Waals surface area contributed by atoms with Crippen LogP contribution in [0.25, 0.3) is 0 Å². The zero-order valence-electron chi connectivity index (χ0n) is 28.1. The third kappa shape index (κ3) is 7.03. The fourth-order valence-electron chi connectivity index (χ4n) is 7.57. The van der Waals surface area contributed by atoms with Gasteiger partial charge in [-0.1, -0.05) is 31.6 Å². The highest BCUT2D eigenvalue weighted by atomic mass is 16.7. The number of carbonyl (C=O) groups excluding carboxylic acids is 1. The van der Waals surface area contributed by atoms with Crippen LogP contribution >= 0.6 is 0 Å². The first-order valence-corrected chi connectivity index (χ1v) is 16.2. The Hall–Kier alpha value is -1.71. The van der Waals surface area contributed by atoms with Crippen molar-refractivity contribution in [1.82, 2.24) is 0 Å². The van der Waals surface area contributed by atoms with Gasteiger partial charge < -0.3 is 54.3 Å². The van der Waals surface area contributed by atoms with E-state index < -0.39 is 77.5 Å². The summed E-state index contributed by atoms with van der Waals surface area (Å²) >= 11 is 0. The summed E-state index contributed by atoms with van der Waals surface area (Å²) in [4.78, 5) is 11.7. The lowest BCUT2D eigenvalue weighted by Crippen LogP contribution is -2.61. The molecule has 13 unspecified atom stereocenters. The average molecular weight is 655 g/mol. The van der Waals surface area contributed by atoms with Gasteiger partial charge in [0.2, 0.25) is 0 Å². The minimum Gasteiger partial charge on any atom is -0.465 e. The summed E-state index contributed by atoms with van der Waals surface area (Å²) in [5.74, 6) is -1.59. The number of aliphatic hydroxyl groups is 6. The molecule has 12 nitrogen and oxygen atoms in total. The van der Waals surface area contributed by atoms with Crippen molar-refractivity contribution in [3.8, 4) is 0 Å². The van der Waals surface area contributed by atoms with E-state index in [1.54, 1.807) is 19.9 Å². The van der Waals surface area contributed by atoms with Crippen LogP contribution in [-0.4, -0.2) is 124 Å². The molecule has 0 amide bonds. The number of aliphatic hydroxyl groups excluding tert-OH is 5. The summed E-state index contributed by atoms with van der Waals surface area (Å²) in [6.45, 7) is 14.1. The summed E-state index contributed by atoms with van der Waals surface area (Å²) in [6.07, 6.45) is -6.17. The monoisotopic (exact) mass is 654 g/mol. The van der Waals surface area contributed by atoms with Crippen molar-refractivity contribution in [2.75, 3.05) is 26.9 Å². The average Bonchev–Trinajstić information content (AvgIpc) is 3.44. The van der Waals surface area contributed by atoms with Crippen molar-refractivity contribution in [3.05, 3.63) is 35.5 Å². The summed E-state index contributed by atoms with van der Waals surface area (Å²) in [6, 6.07) is 0. The van der Waals surface area contributed by atoms with E-state index in [0.717, 1.165) is 0 Å². The quantitative estimate of drug-likeness (QED) is 0.138. The molecule has 6 N–H and O–H groups in total. The van der Waals surface area contributed by atoms with Gasteiger partial charge in [0.15, 0.2) is 6.29 Å². The molecule has 3 aliphatic carbocycles. The highest BCUT2D eigenvalue weighted by molar-refractivity contribution is 5.66. The molecule has 0 bridgehead atoms. The molecule has 12 heteroatoms. The molecule has 4 aliphatic rings. The maximum absolute atomic E-state index is 12.1. The number of hydrogen-bond donors (Lipinski definition) is 6. The Bertz CT molecular complexity index is 1180. The molecule has 0 aromatic carbocycles. The number of hydrogen-bond acceptors (Lipinski definition) is 12. The van der Waals surface area contributed by atoms with E-state index in [2.05, 4.69) is 6.58 Å². The molecule has 46 heavy (non-hydrogen) atoms. The Morgan fingerprint density at radius 3 is 2.46 bits per heavy atom. The maximum Gasteiger partial charge on any atom is 0.302 e. The standard InChI is InChI=1S/C34H54O12/c1-9-32(5,6)44-15-23-27(38)28(39)29(40)31(45-23)46-30-25-21(17(2)14-43-19(4)35)12-24(36)33(25,7)13-22-20(18(3)26(30)37)10-11-34(22,41)16-42-8/h9,13,17-18,20,23-24,26-31,36-41H,1,10-12,14-16H2,2-8H3. The van der Waals surface area contributed by atoms with Crippen LogP contribution in [0.1, 0.15) is 60.8 Å². The largest absolute Gasteiger partial charge is 0.465 e. The SMILES string of the molecule is C=CC(C)(C)OCC1OC(OC2C3=C(C(C)COC(C)=O)CC(O)C3(C)C=C3C(CCC3(O)COC)C(C)C2O)C(O)C(O)C1O. The van der Waals surface area contributed by atoms with Crippen LogP contribution in [0.5, 0.6) is 0 Å². The van der Waals surface area contributed by atoms with Gasteiger partial charge in [-0.2, -0.15) is 0 Å². The van der Waals surface area contributed by atoms with Crippen molar-refractivity contribution < 1.29 is 59.1 Å². The van der Waals surface area contributed by atoms with Gasteiger partial charge in [-0.25, -0.2) is 0 Å². The van der Waals surface area contributed by atoms with Crippen LogP contribution in [0, 0.1) is 23.2 Å². The molecule has 0 radical (unpaired) electrons. The Morgan fingerprint density at radius 1 is 1.17 bits per heavy atom. The number of ether oxygens (including phenoxy) is 5. The predicted octanol–water partition coefficient (Wildman–Crippen LogP) is 1.15. The van der Waals surface area contributed by atoms with Gasteiger partial charge >= 0.3 is 5.97 Å². The van der Waals surface area contributed by atoms with Gasteiger partial charge in [0.05, 0.1) is 37.6 Å². The fourth-order valence-corrected chi connectivity index (χ4v) is 7.57. The lowest BCUT2D eigenvalue weighted by atomic mass is 9.67. The summed E-state index contributed by atoms with van der Waals surface area (Å²) in [5, 5.41) is 68.3. The van der Waals surface area contributed by atoms with Gasteiger partial charge in [-0.15, -0.1) is 6.58 Å². The first-order valence-electron chi connectivity index (χ1n) is 16.2. The van der Waals surface area contributed by atoms with Gasteiger partial charge in [0, 0.05) is 25.4 Å². The highest BCUT2D eigenvalue weighted by Gasteiger charge is 2.57. The third-order valence-electron chi connectivity index (χ3n) is 10.6. The van der Waals surface area contributed by atoms with Crippen LogP contribution in [0.4, 0.5) is 0 Å². The second kappa shape index (κ2) is 14.0. The van der Waals surface area contributed by atoms with E-state index >= 15 is 0 Å². The van der Waals surface area contributed by atoms with Crippen molar-refractivity contribution in [2.24, 2.45) is 23.2 Å². The topological polar surface area (TPSA) is 185 Å². The van der Waals surface area contributed by atoms with Crippen LogP contribution in [0.15, 0.2) is 35.5 Å². The fraction of sp³-hybridized carbons (Fsp3) is 0.794. The molecule has 0 aromatic heterocycles. The van der Waals surface area contributed by atoms with Crippen LogP contribution in [-0.2, 0) is 28.5 Å². The number of fused-ring (bicyclic) bond motifs is 2. The van der Waals surface area contributed by atoms with Gasteiger partial charge in [-0.05, 0) is 63.0 Å². The first kappa shape index (κ1) is 37.1. The van der Waals surface area contributed by atoms with Crippen LogP contribution < -0.4 is 0 Å². The smallest absolute Gasteiger partial charge is 0.302 e. The van der Waals surface area contributed by atoms with Gasteiger partial charge in [-0.3, -0.25) is 4.79 Å². The zero-order chi connectivity index (χ0) is 34.4. The Balaban J connectivity index is 1.81. The molecule has 1 saturated carbocycles. The van der Waals surface area contributed by atoms with Gasteiger partial charge in [0.1, 0.15) is 36.1 Å². The minimum absolute atomic E-state index is 0.0219. The molecular weight excluding hydrogens is 600 g/mol. The lowest BCUT2D eigenvalue weighted by molar-refractivity contribution is -0.319. The maximum atomic E-state index is 12.1. The lowest BCUT2D eigenvalue weighted by Gasteiger charge is -2.47. The molecule has 1 aliphatic heterocycles. The summed E-state index contributed by atoms with van der Waals surface area (Å²) in [5.41, 5.74) is -1.30. The molecule has 0 aromatic rings. The molecule has 2 fully saturated rings. The predicted molar refractivity (Wildman–Crippen MR) is 166 cm³/mol. The highest BCUT2D eigenvalue weighted by Crippen LogP contribution is 2.56. The van der Waals surface area contributed by atoms with Crippen molar-refractivity contribution in [3.63, 3.8) is 0 Å². The first-order chi connectivity index (χ1) is 21.4. The summed E-state index contributed by atoms with van der Waals surface area (Å²) < 4.78 is 29.1. The molecular formula is C34H54O12. The second-order valence-corrected chi connectivity index (χ2v) is 14.4. The zero-order valence-corrected chi connectivity index (χ0v) is 28.1. The van der Waals surface area contributed by atoms with E-state index in [1.807, 2.05) is 26.8 Å². The second-order valence-electron chi connectivity index (χ2n) is 14.4. The van der Waals surface area contributed by atoms with Gasteiger partial charge in [0.25, 0.3) is 0 Å². The Morgan fingerprint density at radius 2 is 1.85 bits per heavy atom. The Kier molecular flexibility index (Phi) is 11.3. The number of esters is 1. The molecule has 1 heterocycles. The van der Waals surface area contributed by atoms with E-state index in [0.29, 0.717) is 29.6 Å². The Labute approximate surface area is 271 Å². The molecule has 1 saturated heterocycles. The van der Waals surface area contributed by atoms with E-state index in [1.165, 1.54) is 14.0 Å². The number of methoxy groups -OCH3 is 1. The normalized spacial score (nSPS) is 42.1. The van der Waals surface area contributed by atoms with Crippen molar-refractivity contribution >= 4 is 5.97 Å². The molecule has 4 rings (SSSR count). The van der Waals surface area contributed by atoms with Crippen LogP contribution in [0.3, 0.4) is 0 Å². The van der Waals surface area contributed by atoms with E-state index in [4.69, 9.17) is 23.7 Å². The van der Waals surface area contributed by atoms with Crippen LogP contribution in [0.2, 0.25) is 0 Å². The third-order valence-corrected chi connectivity index (χ3v) is 10.6. The van der Waals surface area contributed by atoms with E-state index in [9.17, 15) is 35.4 Å². The number of rotatable bonds is 11. The summed E-state index contributed by atoms with van der Waals surface area (Å²) in [7, 11) is 1.51. The van der Waals surface area contributed by atoms with Crippen molar-refractivity contribution in [1.29, 1.82) is 0 Å². The molecule has 0 spiro atoms. The van der Waals surface area contributed by atoms with Crippen molar-refractivity contribution in [2.45, 2.75) is 121 Å².